The van der Waals surface area contributed by atoms with E-state index in [1.807, 2.05) is 37.5 Å². The van der Waals surface area contributed by atoms with Crippen molar-refractivity contribution < 1.29 is 0 Å². The van der Waals surface area contributed by atoms with Gasteiger partial charge in [0.1, 0.15) is 0 Å². The lowest BCUT2D eigenvalue weighted by Crippen LogP contribution is -1.96. The highest BCUT2D eigenvalue weighted by Gasteiger charge is 1.97. The Labute approximate surface area is 104 Å². The highest BCUT2D eigenvalue weighted by Crippen LogP contribution is 2.16. The summed E-state index contributed by atoms with van der Waals surface area (Å²) in [6.45, 7) is 2.08. The van der Waals surface area contributed by atoms with Crippen LogP contribution in [0.5, 0.6) is 0 Å². The summed E-state index contributed by atoms with van der Waals surface area (Å²) in [5.74, 6) is 0. The second-order valence-electron chi connectivity index (χ2n) is 3.69. The van der Waals surface area contributed by atoms with E-state index in [1.165, 1.54) is 5.69 Å². The number of hydrogen-bond donors (Lipinski definition) is 0. The van der Waals surface area contributed by atoms with E-state index in [0.717, 1.165) is 15.9 Å². The van der Waals surface area contributed by atoms with Crippen molar-refractivity contribution in [1.29, 1.82) is 0 Å². The minimum atomic E-state index is 0.960. The van der Waals surface area contributed by atoms with Gasteiger partial charge in [-0.2, -0.15) is 0 Å². The van der Waals surface area contributed by atoms with Gasteiger partial charge in [0.15, 0.2) is 0 Å². The Balaban J connectivity index is 2.21. The van der Waals surface area contributed by atoms with Gasteiger partial charge in [-0.15, -0.1) is 0 Å². The molecule has 0 N–H and O–H groups in total. The second-order valence-corrected chi connectivity index (χ2v) is 4.61. The number of rotatable bonds is 2. The van der Waals surface area contributed by atoms with Crippen LogP contribution < -0.4 is 0 Å². The fraction of sp³-hybridized carbons (Fsp3) is 0.154. The number of benzene rings is 1. The standard InChI is InChI=1S/C13H13BrN2/c1-10-3-8-13(16(10)2)9-15-12-6-4-11(14)5-7-12/h3-9H,1-2H3. The van der Waals surface area contributed by atoms with Crippen molar-refractivity contribution in [2.24, 2.45) is 12.0 Å². The normalized spacial score (nSPS) is 11.2. The van der Waals surface area contributed by atoms with Crippen molar-refractivity contribution in [2.45, 2.75) is 6.92 Å². The van der Waals surface area contributed by atoms with E-state index in [-0.39, 0.29) is 0 Å². The SMILES string of the molecule is Cc1ccc(C=Nc2ccc(Br)cc2)n1C. The number of halogens is 1. The Hall–Kier alpha value is -1.35. The summed E-state index contributed by atoms with van der Waals surface area (Å²) in [4.78, 5) is 4.43. The number of aliphatic imine (C=N–C) groups is 1. The van der Waals surface area contributed by atoms with E-state index in [4.69, 9.17) is 0 Å². The average Bonchev–Trinajstić information content (AvgIpc) is 2.60. The lowest BCUT2D eigenvalue weighted by molar-refractivity contribution is 0.874. The quantitative estimate of drug-likeness (QED) is 0.742. The first-order valence-electron chi connectivity index (χ1n) is 5.09. The molecule has 0 spiro atoms. The van der Waals surface area contributed by atoms with E-state index >= 15 is 0 Å². The van der Waals surface area contributed by atoms with E-state index in [0.29, 0.717) is 0 Å². The van der Waals surface area contributed by atoms with Gasteiger partial charge in [0.25, 0.3) is 0 Å². The molecule has 82 valence electrons. The van der Waals surface area contributed by atoms with Crippen LogP contribution >= 0.6 is 15.9 Å². The highest BCUT2D eigenvalue weighted by atomic mass is 79.9. The number of hydrogen-bond acceptors (Lipinski definition) is 1. The Bertz CT molecular complexity index is 509. The molecule has 0 saturated carbocycles. The largest absolute Gasteiger partial charge is 0.347 e. The molecule has 0 amide bonds. The monoisotopic (exact) mass is 276 g/mol. The van der Waals surface area contributed by atoms with Crippen LogP contribution in [-0.4, -0.2) is 10.8 Å². The summed E-state index contributed by atoms with van der Waals surface area (Å²) in [7, 11) is 2.04. The molecule has 0 atom stereocenters. The molecule has 1 aromatic carbocycles. The molecular weight excluding hydrogens is 264 g/mol. The van der Waals surface area contributed by atoms with Crippen LogP contribution in [0.3, 0.4) is 0 Å². The van der Waals surface area contributed by atoms with Crippen LogP contribution in [0, 0.1) is 6.92 Å². The number of nitrogens with zero attached hydrogens (tertiary/aromatic N) is 2. The Kier molecular flexibility index (Phi) is 3.25. The number of aryl methyl sites for hydroxylation is 1. The first-order valence-corrected chi connectivity index (χ1v) is 5.88. The predicted octanol–water partition coefficient (Wildman–Crippen LogP) is 3.85. The van der Waals surface area contributed by atoms with Gasteiger partial charge in [0.05, 0.1) is 17.6 Å². The van der Waals surface area contributed by atoms with Gasteiger partial charge in [-0.1, -0.05) is 15.9 Å². The van der Waals surface area contributed by atoms with Gasteiger partial charge in [0.2, 0.25) is 0 Å². The molecule has 0 saturated heterocycles. The lowest BCUT2D eigenvalue weighted by Gasteiger charge is -1.99. The zero-order chi connectivity index (χ0) is 11.5. The van der Waals surface area contributed by atoms with Crippen molar-refractivity contribution in [2.75, 3.05) is 0 Å². The molecule has 0 bridgehead atoms. The first kappa shape index (κ1) is 11.1. The minimum absolute atomic E-state index is 0.960. The van der Waals surface area contributed by atoms with Gasteiger partial charge in [-0.3, -0.25) is 4.99 Å². The van der Waals surface area contributed by atoms with Crippen LogP contribution in [0.4, 0.5) is 5.69 Å². The smallest absolute Gasteiger partial charge is 0.0631 e. The maximum absolute atomic E-state index is 4.43. The van der Waals surface area contributed by atoms with Crippen molar-refractivity contribution in [3.63, 3.8) is 0 Å². The molecule has 1 heterocycles. The third-order valence-corrected chi connectivity index (χ3v) is 3.11. The maximum atomic E-state index is 4.43. The van der Waals surface area contributed by atoms with E-state index in [1.54, 1.807) is 0 Å². The second kappa shape index (κ2) is 4.66. The van der Waals surface area contributed by atoms with Crippen LogP contribution in [0.25, 0.3) is 0 Å². The van der Waals surface area contributed by atoms with Crippen LogP contribution in [0.1, 0.15) is 11.4 Å². The average molecular weight is 277 g/mol. The van der Waals surface area contributed by atoms with Crippen molar-refractivity contribution >= 4 is 27.8 Å². The fourth-order valence-electron chi connectivity index (χ4n) is 1.43. The zero-order valence-corrected chi connectivity index (χ0v) is 10.9. The summed E-state index contributed by atoms with van der Waals surface area (Å²) in [5, 5.41) is 0. The molecular formula is C13H13BrN2. The molecule has 16 heavy (non-hydrogen) atoms. The minimum Gasteiger partial charge on any atom is -0.347 e. The molecule has 3 heteroatoms. The molecule has 2 rings (SSSR count). The van der Waals surface area contributed by atoms with Gasteiger partial charge < -0.3 is 4.57 Å². The van der Waals surface area contributed by atoms with Gasteiger partial charge in [-0.05, 0) is 43.3 Å². The van der Waals surface area contributed by atoms with Crippen LogP contribution in [0.2, 0.25) is 0 Å². The fourth-order valence-corrected chi connectivity index (χ4v) is 1.70. The molecule has 0 unspecified atom stereocenters. The van der Waals surface area contributed by atoms with Gasteiger partial charge in [-0.25, -0.2) is 0 Å². The van der Waals surface area contributed by atoms with E-state index in [2.05, 4.69) is 44.5 Å². The van der Waals surface area contributed by atoms with E-state index < -0.39 is 0 Å². The van der Waals surface area contributed by atoms with Crippen LogP contribution in [-0.2, 0) is 7.05 Å². The highest BCUT2D eigenvalue weighted by molar-refractivity contribution is 9.10. The maximum Gasteiger partial charge on any atom is 0.0631 e. The summed E-state index contributed by atoms with van der Waals surface area (Å²) < 4.78 is 3.18. The molecule has 0 aliphatic carbocycles. The molecule has 0 aliphatic heterocycles. The number of aromatic nitrogens is 1. The predicted molar refractivity (Wildman–Crippen MR) is 71.5 cm³/mol. The molecule has 0 radical (unpaired) electrons. The Morgan fingerprint density at radius 2 is 1.81 bits per heavy atom. The zero-order valence-electron chi connectivity index (χ0n) is 9.31. The Morgan fingerprint density at radius 1 is 1.12 bits per heavy atom. The molecule has 1 aromatic heterocycles. The Morgan fingerprint density at radius 3 is 2.38 bits per heavy atom. The molecule has 2 aromatic rings. The molecule has 0 aliphatic rings. The van der Waals surface area contributed by atoms with Gasteiger partial charge >= 0.3 is 0 Å². The molecule has 0 fully saturated rings. The summed E-state index contributed by atoms with van der Waals surface area (Å²) in [6.07, 6.45) is 1.89. The van der Waals surface area contributed by atoms with E-state index in [9.17, 15) is 0 Å². The third kappa shape index (κ3) is 2.42. The van der Waals surface area contributed by atoms with Crippen molar-refractivity contribution in [3.05, 3.63) is 52.3 Å². The molecule has 2 nitrogen and oxygen atoms in total. The van der Waals surface area contributed by atoms with Crippen LogP contribution in [0.15, 0.2) is 45.9 Å². The third-order valence-electron chi connectivity index (χ3n) is 2.58. The van der Waals surface area contributed by atoms with Crippen molar-refractivity contribution in [3.8, 4) is 0 Å². The van der Waals surface area contributed by atoms with Crippen molar-refractivity contribution in [1.82, 2.24) is 4.57 Å². The topological polar surface area (TPSA) is 17.3 Å². The van der Waals surface area contributed by atoms with Gasteiger partial charge in [0, 0.05) is 17.2 Å². The first-order chi connectivity index (χ1) is 7.66. The lowest BCUT2D eigenvalue weighted by atomic mass is 10.3. The summed E-state index contributed by atoms with van der Waals surface area (Å²) >= 11 is 3.40. The summed E-state index contributed by atoms with van der Waals surface area (Å²) in [6, 6.07) is 12.1. The summed E-state index contributed by atoms with van der Waals surface area (Å²) in [5.41, 5.74) is 3.31.